The molecule has 0 saturated heterocycles. The van der Waals surface area contributed by atoms with Crippen LogP contribution in [0.4, 0.5) is 11.4 Å². The molecule has 35 heavy (non-hydrogen) atoms. The molecule has 182 valence electrons. The Hall–Kier alpha value is -3.40. The third-order valence-corrected chi connectivity index (χ3v) is 8.32. The molecule has 0 aromatic heterocycles. The first-order valence-corrected chi connectivity index (χ1v) is 12.9. The predicted molar refractivity (Wildman–Crippen MR) is 134 cm³/mol. The van der Waals surface area contributed by atoms with Crippen LogP contribution < -0.4 is 15.0 Å². The fourth-order valence-electron chi connectivity index (χ4n) is 4.44. The summed E-state index contributed by atoms with van der Waals surface area (Å²) in [5, 5.41) is 2.83. The van der Waals surface area contributed by atoms with E-state index in [4.69, 9.17) is 9.47 Å². The lowest BCUT2D eigenvalue weighted by Gasteiger charge is -2.33. The highest BCUT2D eigenvalue weighted by Gasteiger charge is 2.32. The van der Waals surface area contributed by atoms with Crippen LogP contribution >= 0.6 is 0 Å². The second kappa shape index (κ2) is 9.33. The number of ether oxygens (including phenoxy) is 2. The van der Waals surface area contributed by atoms with Crippen LogP contribution in [0.15, 0.2) is 65.6 Å². The lowest BCUT2D eigenvalue weighted by Crippen LogP contribution is -2.35. The van der Waals surface area contributed by atoms with E-state index < -0.39 is 15.9 Å². The minimum absolute atomic E-state index is 0.0685. The number of carbonyl (C=O) groups excluding carboxylic acids is 1. The number of likely N-dealkylation sites (N-methyl/N-ethyl adjacent to an activating group) is 1. The molecular weight excluding hydrogens is 466 g/mol. The van der Waals surface area contributed by atoms with Gasteiger partial charge in [0.05, 0.1) is 23.5 Å². The van der Waals surface area contributed by atoms with Gasteiger partial charge >= 0.3 is 0 Å². The summed E-state index contributed by atoms with van der Waals surface area (Å²) in [6.07, 6.45) is 0.788. The number of fused-ring (bicyclic) bond motifs is 3. The van der Waals surface area contributed by atoms with Crippen LogP contribution in [0, 0.1) is 0 Å². The lowest BCUT2D eigenvalue weighted by atomic mass is 9.99. The number of methoxy groups -OCH3 is 1. The fraction of sp³-hybridized carbons (Fsp3) is 0.269. The lowest BCUT2D eigenvalue weighted by molar-refractivity contribution is 0.102. The maximum Gasteiger partial charge on any atom is 0.259 e. The van der Waals surface area contributed by atoms with Crippen LogP contribution in [-0.2, 0) is 27.7 Å². The van der Waals surface area contributed by atoms with Gasteiger partial charge in [0.25, 0.3) is 5.91 Å². The summed E-state index contributed by atoms with van der Waals surface area (Å²) in [5.41, 5.74) is 3.61. The number of para-hydroxylation sites is 2. The highest BCUT2D eigenvalue weighted by molar-refractivity contribution is 7.89. The molecule has 0 fully saturated rings. The first kappa shape index (κ1) is 23.3. The Morgan fingerprint density at radius 2 is 1.80 bits per heavy atom. The van der Waals surface area contributed by atoms with Crippen LogP contribution in [0.25, 0.3) is 0 Å². The molecule has 5 rings (SSSR count). The molecule has 0 bridgehead atoms. The van der Waals surface area contributed by atoms with Crippen LogP contribution in [-0.4, -0.2) is 52.5 Å². The van der Waals surface area contributed by atoms with E-state index in [9.17, 15) is 13.2 Å². The predicted octanol–water partition coefficient (Wildman–Crippen LogP) is 3.87. The van der Waals surface area contributed by atoms with E-state index in [0.29, 0.717) is 36.0 Å². The number of rotatable bonds is 6. The molecule has 3 aromatic carbocycles. The zero-order chi connectivity index (χ0) is 24.6. The fourth-order valence-corrected chi connectivity index (χ4v) is 5.81. The summed E-state index contributed by atoms with van der Waals surface area (Å²) in [5.74, 6) is 0.402. The van der Waals surface area contributed by atoms with Crippen molar-refractivity contribution in [2.24, 2.45) is 0 Å². The third kappa shape index (κ3) is 4.38. The van der Waals surface area contributed by atoms with Gasteiger partial charge in [0.15, 0.2) is 5.75 Å². The number of carbonyl (C=O) groups is 1. The summed E-state index contributed by atoms with van der Waals surface area (Å²) < 4.78 is 39.9. The maximum atomic E-state index is 13.7. The number of sulfonamides is 1. The minimum Gasteiger partial charge on any atom is -0.454 e. The van der Waals surface area contributed by atoms with Gasteiger partial charge in [0.2, 0.25) is 10.0 Å². The van der Waals surface area contributed by atoms with Crippen molar-refractivity contribution in [1.82, 2.24) is 4.31 Å². The number of hydrogen-bond acceptors (Lipinski definition) is 6. The Kier molecular flexibility index (Phi) is 6.22. The van der Waals surface area contributed by atoms with E-state index in [1.165, 1.54) is 30.1 Å². The molecule has 2 heterocycles. The summed E-state index contributed by atoms with van der Waals surface area (Å²) in [6, 6.07) is 18.4. The number of nitrogens with one attached hydrogen (secondary N) is 1. The van der Waals surface area contributed by atoms with Crippen molar-refractivity contribution in [3.63, 3.8) is 0 Å². The van der Waals surface area contributed by atoms with E-state index >= 15 is 0 Å². The van der Waals surface area contributed by atoms with Crippen LogP contribution in [0.1, 0.15) is 21.5 Å². The Labute approximate surface area is 205 Å². The van der Waals surface area contributed by atoms with Gasteiger partial charge in [0.1, 0.15) is 10.6 Å². The maximum absolute atomic E-state index is 13.7. The Morgan fingerprint density at radius 3 is 2.60 bits per heavy atom. The average Bonchev–Trinajstić information content (AvgIpc) is 3.01. The number of anilines is 2. The minimum atomic E-state index is -3.93. The molecule has 0 atom stereocenters. The van der Waals surface area contributed by atoms with E-state index in [0.717, 1.165) is 12.0 Å². The second-order valence-corrected chi connectivity index (χ2v) is 10.6. The van der Waals surface area contributed by atoms with Gasteiger partial charge in [0, 0.05) is 39.9 Å². The third-order valence-electron chi connectivity index (χ3n) is 6.43. The van der Waals surface area contributed by atoms with Gasteiger partial charge in [-0.1, -0.05) is 36.4 Å². The van der Waals surface area contributed by atoms with Crippen molar-refractivity contribution in [3.05, 3.63) is 77.4 Å². The van der Waals surface area contributed by atoms with E-state index in [1.807, 2.05) is 23.1 Å². The van der Waals surface area contributed by atoms with E-state index in [-0.39, 0.29) is 23.6 Å². The first-order chi connectivity index (χ1) is 16.9. The van der Waals surface area contributed by atoms with Crippen LogP contribution in [0.2, 0.25) is 0 Å². The van der Waals surface area contributed by atoms with Gasteiger partial charge < -0.3 is 19.7 Å². The highest BCUT2D eigenvalue weighted by atomic mass is 32.2. The Morgan fingerprint density at radius 1 is 1.06 bits per heavy atom. The number of hydrogen-bond donors (Lipinski definition) is 1. The molecule has 3 aromatic rings. The molecule has 0 aliphatic carbocycles. The number of benzene rings is 3. The zero-order valence-electron chi connectivity index (χ0n) is 19.7. The van der Waals surface area contributed by atoms with Gasteiger partial charge in [-0.15, -0.1) is 0 Å². The van der Waals surface area contributed by atoms with Gasteiger partial charge in [-0.3, -0.25) is 4.79 Å². The van der Waals surface area contributed by atoms with Crippen molar-refractivity contribution in [2.75, 3.05) is 44.1 Å². The Bertz CT molecular complexity index is 1390. The standard InChI is InChI=1S/C26H27N3O5S/c1-28(13-14-33-2)35(31,32)25-15-20-24(34-23-10-6-5-9-21(23)27-26(20)30)16-22(25)29-12-11-18-7-3-4-8-19(18)17-29/h3-10,15-16H,11-14,17H2,1-2H3,(H,27,30). The SMILES string of the molecule is COCCN(C)S(=O)(=O)c1cc2c(cc1N1CCc3ccccc3C1)Oc1ccccc1NC2=O. The Balaban J connectivity index is 1.64. The highest BCUT2D eigenvalue weighted by Crippen LogP contribution is 2.41. The molecule has 8 nitrogen and oxygen atoms in total. The zero-order valence-corrected chi connectivity index (χ0v) is 20.5. The summed E-state index contributed by atoms with van der Waals surface area (Å²) in [7, 11) is -0.886. The smallest absolute Gasteiger partial charge is 0.259 e. The monoisotopic (exact) mass is 493 g/mol. The molecule has 2 aliphatic heterocycles. The van der Waals surface area contributed by atoms with E-state index in [1.54, 1.807) is 24.3 Å². The molecule has 1 N–H and O–H groups in total. The molecular formula is C26H27N3O5S. The number of amides is 1. The summed E-state index contributed by atoms with van der Waals surface area (Å²) >= 11 is 0. The normalized spacial score (nSPS) is 14.9. The number of nitrogens with zero attached hydrogens (tertiary/aromatic N) is 2. The first-order valence-electron chi connectivity index (χ1n) is 11.4. The van der Waals surface area contributed by atoms with Gasteiger partial charge in [-0.25, -0.2) is 8.42 Å². The molecule has 1 amide bonds. The molecule has 0 radical (unpaired) electrons. The molecule has 0 unspecified atom stereocenters. The van der Waals surface area contributed by atoms with Crippen molar-refractivity contribution in [2.45, 2.75) is 17.9 Å². The van der Waals surface area contributed by atoms with Gasteiger partial charge in [-0.2, -0.15) is 4.31 Å². The quantitative estimate of drug-likeness (QED) is 0.561. The van der Waals surface area contributed by atoms with Crippen molar-refractivity contribution in [1.29, 1.82) is 0 Å². The second-order valence-electron chi connectivity index (χ2n) is 8.63. The molecule has 0 saturated carbocycles. The average molecular weight is 494 g/mol. The summed E-state index contributed by atoms with van der Waals surface area (Å²) in [6.45, 7) is 1.64. The summed E-state index contributed by atoms with van der Waals surface area (Å²) in [4.78, 5) is 15.2. The largest absolute Gasteiger partial charge is 0.454 e. The molecule has 9 heteroatoms. The van der Waals surface area contributed by atoms with Crippen molar-refractivity contribution in [3.8, 4) is 11.5 Å². The molecule has 0 spiro atoms. The van der Waals surface area contributed by atoms with Crippen molar-refractivity contribution >= 4 is 27.3 Å². The van der Waals surface area contributed by atoms with Crippen LogP contribution in [0.3, 0.4) is 0 Å². The van der Waals surface area contributed by atoms with Crippen LogP contribution in [0.5, 0.6) is 11.5 Å². The molecule has 2 aliphatic rings. The van der Waals surface area contributed by atoms with Gasteiger partial charge in [-0.05, 0) is 35.7 Å². The van der Waals surface area contributed by atoms with Crippen molar-refractivity contribution < 1.29 is 22.7 Å². The topological polar surface area (TPSA) is 88.2 Å². The van der Waals surface area contributed by atoms with E-state index in [2.05, 4.69) is 17.4 Å².